The minimum absolute atomic E-state index is 0.139. The van der Waals surface area contributed by atoms with Crippen LogP contribution in [0.5, 0.6) is 0 Å². The van der Waals surface area contributed by atoms with E-state index >= 15 is 0 Å². The van der Waals surface area contributed by atoms with Crippen molar-refractivity contribution in [3.05, 3.63) is 23.7 Å². The number of aliphatic hydroxyl groups excluding tert-OH is 1. The monoisotopic (exact) mass is 253 g/mol. The standard InChI is InChI=1S/C14H23NO3/c1-3-11(16)9-15-7-8-17-10-13(15)14-6-5-12(4-2)18-14/h5-6,11,13,16H,3-4,7-10H2,1-2H3. The maximum Gasteiger partial charge on any atom is 0.123 e. The Morgan fingerprint density at radius 2 is 2.28 bits per heavy atom. The first-order valence-corrected chi connectivity index (χ1v) is 6.83. The lowest BCUT2D eigenvalue weighted by Crippen LogP contribution is -2.43. The number of ether oxygens (including phenoxy) is 1. The molecule has 1 aliphatic heterocycles. The Labute approximate surface area is 109 Å². The van der Waals surface area contributed by atoms with Gasteiger partial charge in [0.15, 0.2) is 0 Å². The number of furan rings is 1. The molecule has 0 radical (unpaired) electrons. The Hall–Kier alpha value is -0.840. The SMILES string of the molecule is CCc1ccc(C2COCCN2CC(O)CC)o1. The fraction of sp³-hybridized carbons (Fsp3) is 0.714. The summed E-state index contributed by atoms with van der Waals surface area (Å²) in [6.07, 6.45) is 1.42. The molecular weight excluding hydrogens is 230 g/mol. The normalized spacial score (nSPS) is 23.2. The van der Waals surface area contributed by atoms with Crippen molar-refractivity contribution >= 4 is 0 Å². The molecule has 1 saturated heterocycles. The van der Waals surface area contributed by atoms with Gasteiger partial charge in [-0.15, -0.1) is 0 Å². The van der Waals surface area contributed by atoms with Crippen molar-refractivity contribution in [1.29, 1.82) is 0 Å². The van der Waals surface area contributed by atoms with Gasteiger partial charge in [-0.25, -0.2) is 0 Å². The van der Waals surface area contributed by atoms with Crippen molar-refractivity contribution in [1.82, 2.24) is 4.90 Å². The molecule has 0 aromatic carbocycles. The molecule has 4 heteroatoms. The average molecular weight is 253 g/mol. The van der Waals surface area contributed by atoms with E-state index in [1.165, 1.54) is 0 Å². The summed E-state index contributed by atoms with van der Waals surface area (Å²) in [6, 6.07) is 4.20. The van der Waals surface area contributed by atoms with Crippen molar-refractivity contribution in [3.63, 3.8) is 0 Å². The highest BCUT2D eigenvalue weighted by molar-refractivity contribution is 5.11. The molecule has 1 aromatic rings. The summed E-state index contributed by atoms with van der Waals surface area (Å²) in [4.78, 5) is 2.26. The molecule has 1 aromatic heterocycles. The summed E-state index contributed by atoms with van der Waals surface area (Å²) < 4.78 is 11.4. The quantitative estimate of drug-likeness (QED) is 0.871. The molecule has 2 heterocycles. The van der Waals surface area contributed by atoms with Crippen molar-refractivity contribution < 1.29 is 14.3 Å². The number of hydrogen-bond donors (Lipinski definition) is 1. The van der Waals surface area contributed by atoms with E-state index in [1.54, 1.807) is 0 Å². The van der Waals surface area contributed by atoms with E-state index < -0.39 is 0 Å². The lowest BCUT2D eigenvalue weighted by molar-refractivity contribution is -0.0346. The first-order valence-electron chi connectivity index (χ1n) is 6.83. The van der Waals surface area contributed by atoms with E-state index in [-0.39, 0.29) is 12.1 Å². The lowest BCUT2D eigenvalue weighted by Gasteiger charge is -2.35. The number of aryl methyl sites for hydroxylation is 1. The Bertz CT molecular complexity index is 364. The Morgan fingerprint density at radius 1 is 1.44 bits per heavy atom. The first kappa shape index (κ1) is 13.6. The van der Waals surface area contributed by atoms with Crippen LogP contribution in [0.2, 0.25) is 0 Å². The smallest absolute Gasteiger partial charge is 0.123 e. The third-order valence-corrected chi connectivity index (χ3v) is 3.52. The van der Waals surface area contributed by atoms with Gasteiger partial charge in [0.25, 0.3) is 0 Å². The zero-order valence-electron chi connectivity index (χ0n) is 11.3. The van der Waals surface area contributed by atoms with Crippen LogP contribution in [0.25, 0.3) is 0 Å². The average Bonchev–Trinajstić information content (AvgIpc) is 2.88. The highest BCUT2D eigenvalue weighted by atomic mass is 16.5. The van der Waals surface area contributed by atoms with Crippen LogP contribution in [0, 0.1) is 0 Å². The van der Waals surface area contributed by atoms with E-state index in [0.29, 0.717) is 13.2 Å². The second kappa shape index (κ2) is 6.36. The molecule has 2 unspecified atom stereocenters. The van der Waals surface area contributed by atoms with E-state index in [1.807, 2.05) is 19.1 Å². The summed E-state index contributed by atoms with van der Waals surface area (Å²) in [5.41, 5.74) is 0. The van der Waals surface area contributed by atoms with Gasteiger partial charge in [0.2, 0.25) is 0 Å². The maximum absolute atomic E-state index is 9.81. The van der Waals surface area contributed by atoms with E-state index in [2.05, 4.69) is 11.8 Å². The zero-order chi connectivity index (χ0) is 13.0. The van der Waals surface area contributed by atoms with Crippen LogP contribution in [-0.4, -0.2) is 42.4 Å². The molecule has 1 fully saturated rings. The number of hydrogen-bond acceptors (Lipinski definition) is 4. The largest absolute Gasteiger partial charge is 0.464 e. The topological polar surface area (TPSA) is 45.8 Å². The Morgan fingerprint density at radius 3 is 2.94 bits per heavy atom. The molecule has 1 aliphatic rings. The highest BCUT2D eigenvalue weighted by Crippen LogP contribution is 2.26. The highest BCUT2D eigenvalue weighted by Gasteiger charge is 2.28. The molecule has 0 spiro atoms. The third kappa shape index (κ3) is 3.13. The number of morpholine rings is 1. The van der Waals surface area contributed by atoms with E-state index in [0.717, 1.165) is 37.5 Å². The van der Waals surface area contributed by atoms with E-state index in [9.17, 15) is 5.11 Å². The molecule has 0 bridgehead atoms. The minimum Gasteiger partial charge on any atom is -0.464 e. The molecule has 102 valence electrons. The summed E-state index contributed by atoms with van der Waals surface area (Å²) in [7, 11) is 0. The lowest BCUT2D eigenvalue weighted by atomic mass is 10.1. The molecular formula is C14H23NO3. The van der Waals surface area contributed by atoms with Crippen LogP contribution in [0.15, 0.2) is 16.5 Å². The first-order chi connectivity index (χ1) is 8.74. The van der Waals surface area contributed by atoms with Crippen LogP contribution < -0.4 is 0 Å². The second-order valence-electron chi connectivity index (χ2n) is 4.81. The molecule has 2 rings (SSSR count). The van der Waals surface area contributed by atoms with Gasteiger partial charge < -0.3 is 14.3 Å². The predicted octanol–water partition coefficient (Wildman–Crippen LogP) is 1.99. The maximum atomic E-state index is 9.81. The Kier molecular flexibility index (Phi) is 4.80. The summed E-state index contributed by atoms with van der Waals surface area (Å²) in [6.45, 7) is 7.00. The number of β-amino-alcohol motifs (C(OH)–C–C–N with tert-alkyl or cyclic N) is 1. The van der Waals surface area contributed by atoms with Gasteiger partial charge in [-0.05, 0) is 18.6 Å². The van der Waals surface area contributed by atoms with Crippen LogP contribution in [0.4, 0.5) is 0 Å². The number of nitrogens with zero attached hydrogens (tertiary/aromatic N) is 1. The molecule has 0 amide bonds. The van der Waals surface area contributed by atoms with Gasteiger partial charge in [-0.3, -0.25) is 4.90 Å². The molecule has 0 saturated carbocycles. The van der Waals surface area contributed by atoms with Gasteiger partial charge in [-0.1, -0.05) is 13.8 Å². The van der Waals surface area contributed by atoms with E-state index in [4.69, 9.17) is 9.15 Å². The molecule has 2 atom stereocenters. The van der Waals surface area contributed by atoms with Gasteiger partial charge >= 0.3 is 0 Å². The van der Waals surface area contributed by atoms with Gasteiger partial charge in [0, 0.05) is 19.5 Å². The Balaban J connectivity index is 2.07. The fourth-order valence-corrected chi connectivity index (χ4v) is 2.28. The third-order valence-electron chi connectivity index (χ3n) is 3.52. The van der Waals surface area contributed by atoms with Crippen LogP contribution in [-0.2, 0) is 11.2 Å². The molecule has 18 heavy (non-hydrogen) atoms. The van der Waals surface area contributed by atoms with Crippen molar-refractivity contribution in [2.45, 2.75) is 38.8 Å². The summed E-state index contributed by atoms with van der Waals surface area (Å²) in [5.74, 6) is 1.96. The fourth-order valence-electron chi connectivity index (χ4n) is 2.28. The van der Waals surface area contributed by atoms with Crippen molar-refractivity contribution in [2.75, 3.05) is 26.3 Å². The molecule has 4 nitrogen and oxygen atoms in total. The van der Waals surface area contributed by atoms with Crippen LogP contribution >= 0.6 is 0 Å². The zero-order valence-corrected chi connectivity index (χ0v) is 11.3. The summed E-state index contributed by atoms with van der Waals surface area (Å²) in [5, 5.41) is 9.81. The van der Waals surface area contributed by atoms with Crippen molar-refractivity contribution in [2.24, 2.45) is 0 Å². The summed E-state index contributed by atoms with van der Waals surface area (Å²) >= 11 is 0. The van der Waals surface area contributed by atoms with Crippen LogP contribution in [0.1, 0.15) is 37.8 Å². The minimum atomic E-state index is -0.272. The van der Waals surface area contributed by atoms with Gasteiger partial charge in [-0.2, -0.15) is 0 Å². The molecule has 1 N–H and O–H groups in total. The van der Waals surface area contributed by atoms with Gasteiger partial charge in [0.1, 0.15) is 11.5 Å². The number of rotatable bonds is 5. The molecule has 0 aliphatic carbocycles. The van der Waals surface area contributed by atoms with Crippen molar-refractivity contribution in [3.8, 4) is 0 Å². The second-order valence-corrected chi connectivity index (χ2v) is 4.81. The number of aliphatic hydroxyl groups is 1. The van der Waals surface area contributed by atoms with Crippen LogP contribution in [0.3, 0.4) is 0 Å². The van der Waals surface area contributed by atoms with Gasteiger partial charge in [0.05, 0.1) is 25.4 Å². The predicted molar refractivity (Wildman–Crippen MR) is 69.5 cm³/mol.